The molecule has 4 nitrogen and oxygen atoms in total. The highest BCUT2D eigenvalue weighted by Gasteiger charge is 2.24. The average Bonchev–Trinajstić information content (AvgIpc) is 2.39. The highest BCUT2D eigenvalue weighted by molar-refractivity contribution is 5.52. The van der Waals surface area contributed by atoms with Crippen LogP contribution in [-0.4, -0.2) is 44.0 Å². The maximum absolute atomic E-state index is 9.23. The molecule has 4 heteroatoms. The van der Waals surface area contributed by atoms with Crippen LogP contribution in [0, 0.1) is 0 Å². The van der Waals surface area contributed by atoms with E-state index in [2.05, 4.69) is 23.2 Å². The van der Waals surface area contributed by atoms with Crippen LogP contribution in [-0.2, 0) is 0 Å². The summed E-state index contributed by atoms with van der Waals surface area (Å²) in [5, 5.41) is 12.6. The molecule has 2 atom stereocenters. The number of nitrogens with one attached hydrogen (secondary N) is 1. The van der Waals surface area contributed by atoms with Crippen molar-refractivity contribution in [3.05, 3.63) is 24.3 Å². The predicted molar refractivity (Wildman–Crippen MR) is 68.7 cm³/mol. The van der Waals surface area contributed by atoms with Crippen LogP contribution in [0.3, 0.4) is 0 Å². The third kappa shape index (κ3) is 2.70. The normalized spacial score (nSPS) is 24.8. The highest BCUT2D eigenvalue weighted by atomic mass is 16.5. The van der Waals surface area contributed by atoms with Crippen molar-refractivity contribution in [2.45, 2.75) is 19.0 Å². The maximum atomic E-state index is 9.23. The Morgan fingerprint density at radius 1 is 1.53 bits per heavy atom. The number of benzene rings is 1. The summed E-state index contributed by atoms with van der Waals surface area (Å²) in [6, 6.07) is 8.63. The van der Waals surface area contributed by atoms with Gasteiger partial charge in [0.05, 0.1) is 13.7 Å². The number of ether oxygens (including phenoxy) is 1. The SMILES string of the molecule is COc1cccc(N2CC(CO)NCC2C)c1. The zero-order valence-electron chi connectivity index (χ0n) is 10.4. The van der Waals surface area contributed by atoms with Crippen molar-refractivity contribution in [2.75, 3.05) is 31.7 Å². The molecule has 94 valence electrons. The number of piperazine rings is 1. The predicted octanol–water partition coefficient (Wildman–Crippen LogP) is 0.854. The molecule has 1 aliphatic heterocycles. The lowest BCUT2D eigenvalue weighted by molar-refractivity contribution is 0.227. The molecule has 0 aromatic heterocycles. The molecule has 1 fully saturated rings. The van der Waals surface area contributed by atoms with Crippen LogP contribution in [0.5, 0.6) is 5.75 Å². The van der Waals surface area contributed by atoms with Gasteiger partial charge in [-0.2, -0.15) is 0 Å². The third-order valence-corrected chi connectivity index (χ3v) is 3.26. The van der Waals surface area contributed by atoms with E-state index in [0.717, 1.165) is 24.5 Å². The maximum Gasteiger partial charge on any atom is 0.120 e. The van der Waals surface area contributed by atoms with Gasteiger partial charge in [0.15, 0.2) is 0 Å². The Morgan fingerprint density at radius 2 is 2.35 bits per heavy atom. The average molecular weight is 236 g/mol. The second-order valence-corrected chi connectivity index (χ2v) is 4.49. The molecule has 0 spiro atoms. The second kappa shape index (κ2) is 5.38. The fourth-order valence-corrected chi connectivity index (χ4v) is 2.20. The van der Waals surface area contributed by atoms with Gasteiger partial charge in [0, 0.05) is 36.9 Å². The Kier molecular flexibility index (Phi) is 3.86. The number of aliphatic hydroxyl groups excluding tert-OH is 1. The van der Waals surface area contributed by atoms with Crippen LogP contribution in [0.4, 0.5) is 5.69 Å². The van der Waals surface area contributed by atoms with Crippen molar-refractivity contribution in [1.82, 2.24) is 5.32 Å². The minimum Gasteiger partial charge on any atom is -0.497 e. The van der Waals surface area contributed by atoms with E-state index in [0.29, 0.717) is 6.04 Å². The molecule has 1 heterocycles. The Hall–Kier alpha value is -1.26. The second-order valence-electron chi connectivity index (χ2n) is 4.49. The van der Waals surface area contributed by atoms with E-state index in [-0.39, 0.29) is 12.6 Å². The molecule has 0 bridgehead atoms. The number of hydrogen-bond acceptors (Lipinski definition) is 4. The summed E-state index contributed by atoms with van der Waals surface area (Å²) in [5.74, 6) is 0.869. The standard InChI is InChI=1S/C13H20N2O2/c1-10-7-14-11(9-16)8-15(10)12-4-3-5-13(6-12)17-2/h3-6,10-11,14,16H,7-9H2,1-2H3. The molecular formula is C13H20N2O2. The molecule has 0 saturated carbocycles. The zero-order chi connectivity index (χ0) is 12.3. The summed E-state index contributed by atoms with van der Waals surface area (Å²) in [5.41, 5.74) is 1.15. The van der Waals surface area contributed by atoms with Crippen LogP contribution in [0.2, 0.25) is 0 Å². The first-order valence-electron chi connectivity index (χ1n) is 5.99. The van der Waals surface area contributed by atoms with Crippen molar-refractivity contribution in [1.29, 1.82) is 0 Å². The fourth-order valence-electron chi connectivity index (χ4n) is 2.20. The van der Waals surface area contributed by atoms with E-state index in [4.69, 9.17) is 4.74 Å². The number of aliphatic hydroxyl groups is 1. The van der Waals surface area contributed by atoms with Gasteiger partial charge < -0.3 is 20.1 Å². The Bertz CT molecular complexity index is 370. The molecule has 1 saturated heterocycles. The molecular weight excluding hydrogens is 216 g/mol. The van der Waals surface area contributed by atoms with E-state index >= 15 is 0 Å². The molecule has 0 aliphatic carbocycles. The van der Waals surface area contributed by atoms with Gasteiger partial charge >= 0.3 is 0 Å². The highest BCUT2D eigenvalue weighted by Crippen LogP contribution is 2.24. The van der Waals surface area contributed by atoms with E-state index in [9.17, 15) is 5.11 Å². The number of nitrogens with zero attached hydrogens (tertiary/aromatic N) is 1. The van der Waals surface area contributed by atoms with E-state index in [1.54, 1.807) is 7.11 Å². The van der Waals surface area contributed by atoms with Crippen LogP contribution in [0.25, 0.3) is 0 Å². The lowest BCUT2D eigenvalue weighted by Crippen LogP contribution is -2.56. The quantitative estimate of drug-likeness (QED) is 0.817. The topological polar surface area (TPSA) is 44.7 Å². The fraction of sp³-hybridized carbons (Fsp3) is 0.538. The van der Waals surface area contributed by atoms with Crippen LogP contribution in [0.1, 0.15) is 6.92 Å². The van der Waals surface area contributed by atoms with Crippen molar-refractivity contribution in [3.63, 3.8) is 0 Å². The molecule has 2 rings (SSSR count). The molecule has 2 N–H and O–H groups in total. The van der Waals surface area contributed by atoms with Crippen LogP contribution < -0.4 is 15.0 Å². The Labute approximate surface area is 102 Å². The first-order chi connectivity index (χ1) is 8.24. The number of rotatable bonds is 3. The number of anilines is 1. The summed E-state index contributed by atoms with van der Waals surface area (Å²) in [4.78, 5) is 2.31. The Balaban J connectivity index is 2.18. The summed E-state index contributed by atoms with van der Waals surface area (Å²) < 4.78 is 5.24. The lowest BCUT2D eigenvalue weighted by Gasteiger charge is -2.39. The Morgan fingerprint density at radius 3 is 3.06 bits per heavy atom. The minimum absolute atomic E-state index is 0.150. The molecule has 2 unspecified atom stereocenters. The summed E-state index contributed by atoms with van der Waals surface area (Å²) in [6.45, 7) is 4.07. The van der Waals surface area contributed by atoms with Gasteiger partial charge in [-0.15, -0.1) is 0 Å². The van der Waals surface area contributed by atoms with Gasteiger partial charge in [-0.05, 0) is 19.1 Å². The van der Waals surface area contributed by atoms with E-state index < -0.39 is 0 Å². The minimum atomic E-state index is 0.150. The molecule has 0 radical (unpaired) electrons. The van der Waals surface area contributed by atoms with Crippen molar-refractivity contribution < 1.29 is 9.84 Å². The van der Waals surface area contributed by atoms with Gasteiger partial charge in [-0.3, -0.25) is 0 Å². The van der Waals surface area contributed by atoms with Gasteiger partial charge in [-0.25, -0.2) is 0 Å². The monoisotopic (exact) mass is 236 g/mol. The zero-order valence-corrected chi connectivity index (χ0v) is 10.4. The van der Waals surface area contributed by atoms with Crippen molar-refractivity contribution in [2.24, 2.45) is 0 Å². The smallest absolute Gasteiger partial charge is 0.120 e. The first-order valence-corrected chi connectivity index (χ1v) is 5.99. The summed E-state index contributed by atoms with van der Waals surface area (Å²) >= 11 is 0. The van der Waals surface area contributed by atoms with E-state index in [1.807, 2.05) is 18.2 Å². The van der Waals surface area contributed by atoms with E-state index in [1.165, 1.54) is 0 Å². The third-order valence-electron chi connectivity index (χ3n) is 3.26. The van der Waals surface area contributed by atoms with Gasteiger partial charge in [-0.1, -0.05) is 6.07 Å². The summed E-state index contributed by atoms with van der Waals surface area (Å²) in [7, 11) is 1.68. The first kappa shape index (κ1) is 12.2. The van der Waals surface area contributed by atoms with Crippen molar-refractivity contribution >= 4 is 5.69 Å². The molecule has 1 aliphatic rings. The van der Waals surface area contributed by atoms with Crippen molar-refractivity contribution in [3.8, 4) is 5.75 Å². The summed E-state index contributed by atoms with van der Waals surface area (Å²) in [6.07, 6.45) is 0. The van der Waals surface area contributed by atoms with Crippen LogP contribution in [0.15, 0.2) is 24.3 Å². The number of hydrogen-bond donors (Lipinski definition) is 2. The molecule has 1 aromatic carbocycles. The number of methoxy groups -OCH3 is 1. The van der Waals surface area contributed by atoms with Crippen LogP contribution >= 0.6 is 0 Å². The molecule has 0 amide bonds. The largest absolute Gasteiger partial charge is 0.497 e. The molecule has 17 heavy (non-hydrogen) atoms. The molecule has 1 aromatic rings. The lowest BCUT2D eigenvalue weighted by atomic mass is 10.1. The van der Waals surface area contributed by atoms with Gasteiger partial charge in [0.1, 0.15) is 5.75 Å². The van der Waals surface area contributed by atoms with Gasteiger partial charge in [0.25, 0.3) is 0 Å². The van der Waals surface area contributed by atoms with Gasteiger partial charge in [0.2, 0.25) is 0 Å².